The molecule has 0 saturated carbocycles. The Kier molecular flexibility index (Phi) is 4.39. The van der Waals surface area contributed by atoms with E-state index in [4.69, 9.17) is 4.74 Å². The molecule has 1 aromatic carbocycles. The zero-order valence-electron chi connectivity index (χ0n) is 15.2. The minimum absolute atomic E-state index is 0.190. The minimum atomic E-state index is -3.63. The average Bonchev–Trinajstić information content (AvgIpc) is 3.20. The molecule has 0 N–H and O–H groups in total. The van der Waals surface area contributed by atoms with Gasteiger partial charge in [-0.05, 0) is 23.8 Å². The van der Waals surface area contributed by atoms with Gasteiger partial charge in [-0.25, -0.2) is 27.5 Å². The highest BCUT2D eigenvalue weighted by atomic mass is 32.2. The topological polar surface area (TPSA) is 96.1 Å². The Morgan fingerprint density at radius 2 is 1.82 bits per heavy atom. The maximum absolute atomic E-state index is 13.4. The Hall–Kier alpha value is -2.85. The number of fused-ring (bicyclic) bond motifs is 1. The molecule has 0 amide bonds. The molecule has 8 nitrogen and oxygen atoms in total. The summed E-state index contributed by atoms with van der Waals surface area (Å²) in [5.74, 6) is -0.419. The van der Waals surface area contributed by atoms with Gasteiger partial charge in [0.15, 0.2) is 0 Å². The highest BCUT2D eigenvalue weighted by Crippen LogP contribution is 2.32. The zero-order chi connectivity index (χ0) is 20.1. The number of hydrogen-bond acceptors (Lipinski definition) is 6. The fraction of sp³-hybridized carbons (Fsp3) is 0.278. The zero-order valence-corrected chi connectivity index (χ0v) is 16.0. The van der Waals surface area contributed by atoms with Crippen LogP contribution < -0.4 is 5.56 Å². The minimum Gasteiger partial charge on any atom is -0.378 e. The third-order valence-electron chi connectivity index (χ3n) is 4.66. The lowest BCUT2D eigenvalue weighted by atomic mass is 10.0. The molecule has 2 aromatic heterocycles. The fourth-order valence-electron chi connectivity index (χ4n) is 3.34. The number of ether oxygens (including phenoxy) is 1. The van der Waals surface area contributed by atoms with E-state index in [9.17, 15) is 17.6 Å². The summed E-state index contributed by atoms with van der Waals surface area (Å²) in [6, 6.07) is 7.11. The second-order valence-electron chi connectivity index (χ2n) is 6.55. The van der Waals surface area contributed by atoms with E-state index < -0.39 is 15.7 Å². The first-order chi connectivity index (χ1) is 13.3. The number of nitrogens with zero attached hydrogens (tertiary/aromatic N) is 4. The molecule has 1 atom stereocenters. The van der Waals surface area contributed by atoms with Crippen molar-refractivity contribution in [2.45, 2.75) is 24.3 Å². The van der Waals surface area contributed by atoms with Crippen LogP contribution in [0.1, 0.15) is 0 Å². The second-order valence-corrected chi connectivity index (χ2v) is 8.46. The van der Waals surface area contributed by atoms with Gasteiger partial charge >= 0.3 is 0 Å². The molecular weight excluding hydrogens is 387 g/mol. The number of sulfone groups is 1. The molecule has 1 unspecified atom stereocenters. The van der Waals surface area contributed by atoms with E-state index in [1.54, 1.807) is 17.9 Å². The maximum Gasteiger partial charge on any atom is 0.275 e. The molecule has 0 spiro atoms. The predicted molar refractivity (Wildman–Crippen MR) is 99.0 cm³/mol. The van der Waals surface area contributed by atoms with Gasteiger partial charge in [0.25, 0.3) is 5.56 Å². The standard InChI is InChI=1S/C18H17FN4O4S/c1-27-13-9-22-16(14-7-8-20-18(21-14)28(2,25)26)15(17(24)23(22)10-13)11-3-5-12(19)6-4-11/h3-8,13H,9-10H2,1-2H3. The molecule has 0 aliphatic carbocycles. The lowest BCUT2D eigenvalue weighted by molar-refractivity contribution is 0.0994. The molecule has 0 bridgehead atoms. The lowest BCUT2D eigenvalue weighted by Crippen LogP contribution is -2.20. The Morgan fingerprint density at radius 3 is 2.46 bits per heavy atom. The maximum atomic E-state index is 13.4. The Bertz CT molecular complexity index is 1220. The molecule has 3 aromatic rings. The summed E-state index contributed by atoms with van der Waals surface area (Å²) in [5.41, 5.74) is 1.31. The summed E-state index contributed by atoms with van der Waals surface area (Å²) in [7, 11) is -2.07. The first-order valence-electron chi connectivity index (χ1n) is 8.45. The van der Waals surface area contributed by atoms with Crippen molar-refractivity contribution in [3.8, 4) is 22.5 Å². The molecule has 4 rings (SSSR count). The molecule has 0 fully saturated rings. The normalized spacial score (nSPS) is 16.3. The van der Waals surface area contributed by atoms with Crippen LogP contribution in [0.3, 0.4) is 0 Å². The molecule has 0 radical (unpaired) electrons. The van der Waals surface area contributed by atoms with Gasteiger partial charge < -0.3 is 4.74 Å². The molecule has 146 valence electrons. The Morgan fingerprint density at radius 1 is 1.14 bits per heavy atom. The lowest BCUT2D eigenvalue weighted by Gasteiger charge is -2.10. The van der Waals surface area contributed by atoms with Crippen LogP contribution in [0.15, 0.2) is 46.5 Å². The first-order valence-corrected chi connectivity index (χ1v) is 10.3. The monoisotopic (exact) mass is 404 g/mol. The molecule has 10 heteroatoms. The summed E-state index contributed by atoms with van der Waals surface area (Å²) in [6.45, 7) is 0.758. The number of benzene rings is 1. The Balaban J connectivity index is 2.00. The predicted octanol–water partition coefficient (Wildman–Crippen LogP) is 1.34. The van der Waals surface area contributed by atoms with Gasteiger partial charge in [0.05, 0.1) is 36.1 Å². The van der Waals surface area contributed by atoms with Gasteiger partial charge in [-0.2, -0.15) is 0 Å². The van der Waals surface area contributed by atoms with Crippen LogP contribution in [-0.4, -0.2) is 47.2 Å². The largest absolute Gasteiger partial charge is 0.378 e. The first kappa shape index (κ1) is 18.5. The highest BCUT2D eigenvalue weighted by Gasteiger charge is 2.31. The number of methoxy groups -OCH3 is 1. The van der Waals surface area contributed by atoms with Crippen LogP contribution in [0.4, 0.5) is 4.39 Å². The van der Waals surface area contributed by atoms with E-state index in [0.717, 1.165) is 6.26 Å². The molecule has 1 aliphatic heterocycles. The van der Waals surface area contributed by atoms with Crippen LogP contribution in [-0.2, 0) is 27.7 Å². The van der Waals surface area contributed by atoms with E-state index >= 15 is 0 Å². The number of aromatic nitrogens is 4. The third kappa shape index (κ3) is 3.04. The van der Waals surface area contributed by atoms with E-state index in [1.165, 1.54) is 35.1 Å². The molecule has 3 heterocycles. The van der Waals surface area contributed by atoms with Gasteiger partial charge in [0.2, 0.25) is 15.0 Å². The van der Waals surface area contributed by atoms with Crippen molar-refractivity contribution in [1.82, 2.24) is 19.3 Å². The summed E-state index contributed by atoms with van der Waals surface area (Å²) < 4.78 is 45.8. The van der Waals surface area contributed by atoms with Crippen molar-refractivity contribution in [3.63, 3.8) is 0 Å². The van der Waals surface area contributed by atoms with Crippen molar-refractivity contribution >= 4 is 9.84 Å². The summed E-state index contributed by atoms with van der Waals surface area (Å²) >= 11 is 0. The Labute approximate surface area is 160 Å². The van der Waals surface area contributed by atoms with Crippen molar-refractivity contribution in [2.75, 3.05) is 13.4 Å². The van der Waals surface area contributed by atoms with E-state index in [1.807, 2.05) is 0 Å². The number of rotatable bonds is 4. The van der Waals surface area contributed by atoms with Crippen LogP contribution in [0, 0.1) is 5.82 Å². The van der Waals surface area contributed by atoms with Gasteiger partial charge in [-0.3, -0.25) is 9.48 Å². The quantitative estimate of drug-likeness (QED) is 0.609. The smallest absolute Gasteiger partial charge is 0.275 e. The van der Waals surface area contributed by atoms with Crippen LogP contribution in [0.2, 0.25) is 0 Å². The summed E-state index contributed by atoms with van der Waals surface area (Å²) in [5, 5.41) is -0.329. The van der Waals surface area contributed by atoms with Gasteiger partial charge in [-0.1, -0.05) is 12.1 Å². The van der Waals surface area contributed by atoms with Crippen molar-refractivity contribution in [2.24, 2.45) is 0 Å². The molecule has 0 saturated heterocycles. The van der Waals surface area contributed by atoms with E-state index in [-0.39, 0.29) is 16.8 Å². The van der Waals surface area contributed by atoms with Gasteiger partial charge in [0, 0.05) is 19.6 Å². The number of halogens is 1. The molecule has 28 heavy (non-hydrogen) atoms. The average molecular weight is 404 g/mol. The van der Waals surface area contributed by atoms with Crippen LogP contribution in [0.25, 0.3) is 22.5 Å². The third-order valence-corrected chi connectivity index (χ3v) is 5.52. The second kappa shape index (κ2) is 6.64. The van der Waals surface area contributed by atoms with Gasteiger partial charge in [0.1, 0.15) is 5.82 Å². The van der Waals surface area contributed by atoms with Crippen molar-refractivity contribution in [1.29, 1.82) is 0 Å². The highest BCUT2D eigenvalue weighted by molar-refractivity contribution is 7.90. The fourth-order valence-corrected chi connectivity index (χ4v) is 3.86. The van der Waals surface area contributed by atoms with Crippen LogP contribution >= 0.6 is 0 Å². The summed E-state index contributed by atoms with van der Waals surface area (Å²) in [4.78, 5) is 21.1. The van der Waals surface area contributed by atoms with E-state index in [0.29, 0.717) is 35.6 Å². The van der Waals surface area contributed by atoms with Crippen molar-refractivity contribution in [3.05, 3.63) is 52.7 Å². The van der Waals surface area contributed by atoms with Gasteiger partial charge in [-0.15, -0.1) is 0 Å². The SMILES string of the molecule is COC1Cn2c(-c3ccnc(S(C)(=O)=O)n3)c(-c3ccc(F)cc3)c(=O)n2C1. The van der Waals surface area contributed by atoms with Crippen LogP contribution in [0.5, 0.6) is 0 Å². The van der Waals surface area contributed by atoms with E-state index in [2.05, 4.69) is 9.97 Å². The summed E-state index contributed by atoms with van der Waals surface area (Å²) in [6.07, 6.45) is 2.17. The van der Waals surface area contributed by atoms with Crippen molar-refractivity contribution < 1.29 is 17.5 Å². The number of hydrogen-bond donors (Lipinski definition) is 0. The molecule has 1 aliphatic rings. The molecular formula is C18H17FN4O4S.